The number of halogens is 3. The number of benzene rings is 1. The van der Waals surface area contributed by atoms with Crippen LogP contribution in [0.5, 0.6) is 0 Å². The van der Waals surface area contributed by atoms with E-state index >= 15 is 0 Å². The highest BCUT2D eigenvalue weighted by Gasteiger charge is 2.24. The van der Waals surface area contributed by atoms with E-state index < -0.39 is 0 Å². The maximum atomic E-state index is 14.2. The third-order valence-electron chi connectivity index (χ3n) is 3.57. The highest BCUT2D eigenvalue weighted by atomic mass is 35.5. The van der Waals surface area contributed by atoms with E-state index in [1.807, 2.05) is 0 Å². The molecule has 0 amide bonds. The number of aliphatic hydroxyl groups excluding tert-OH is 1. The lowest BCUT2D eigenvalue weighted by molar-refractivity contribution is 0.152. The molecule has 1 saturated heterocycles. The van der Waals surface area contributed by atoms with Crippen LogP contribution in [0.4, 0.5) is 4.39 Å². The summed E-state index contributed by atoms with van der Waals surface area (Å²) < 4.78 is 14.2. The minimum absolute atomic E-state index is 0. The van der Waals surface area contributed by atoms with Crippen molar-refractivity contribution in [2.45, 2.75) is 18.9 Å². The predicted octanol–water partition coefficient (Wildman–Crippen LogP) is 2.62. The number of nitrogens with one attached hydrogen (secondary N) is 1. The zero-order valence-electron chi connectivity index (χ0n) is 11.3. The molecule has 1 heterocycles. The van der Waals surface area contributed by atoms with Crippen molar-refractivity contribution >= 4 is 24.0 Å². The van der Waals surface area contributed by atoms with E-state index in [-0.39, 0.29) is 35.9 Å². The van der Waals surface area contributed by atoms with E-state index in [1.165, 1.54) is 0 Å². The zero-order valence-corrected chi connectivity index (χ0v) is 12.9. The van der Waals surface area contributed by atoms with E-state index in [4.69, 9.17) is 16.7 Å². The molecule has 2 N–H and O–H groups in total. The van der Waals surface area contributed by atoms with E-state index in [1.54, 1.807) is 18.2 Å². The van der Waals surface area contributed by atoms with Gasteiger partial charge < -0.3 is 10.4 Å². The molecule has 114 valence electrons. The van der Waals surface area contributed by atoms with Crippen LogP contribution in [0.1, 0.15) is 24.4 Å². The molecule has 0 bridgehead atoms. The summed E-state index contributed by atoms with van der Waals surface area (Å²) in [5.41, 5.74) is 0.642. The van der Waals surface area contributed by atoms with Crippen molar-refractivity contribution in [2.24, 2.45) is 0 Å². The van der Waals surface area contributed by atoms with Gasteiger partial charge in [-0.3, -0.25) is 4.90 Å². The first-order valence-electron chi connectivity index (χ1n) is 6.73. The van der Waals surface area contributed by atoms with Crippen molar-refractivity contribution in [1.82, 2.24) is 10.2 Å². The van der Waals surface area contributed by atoms with Crippen LogP contribution in [0.25, 0.3) is 0 Å². The first-order valence-corrected chi connectivity index (χ1v) is 7.11. The second kappa shape index (κ2) is 8.80. The number of hydrogen-bond donors (Lipinski definition) is 2. The van der Waals surface area contributed by atoms with E-state index in [0.717, 1.165) is 32.6 Å². The van der Waals surface area contributed by atoms with Gasteiger partial charge >= 0.3 is 0 Å². The molecule has 0 saturated carbocycles. The fourth-order valence-corrected chi connectivity index (χ4v) is 2.77. The molecule has 0 aliphatic carbocycles. The van der Waals surface area contributed by atoms with Crippen LogP contribution < -0.4 is 5.32 Å². The molecule has 0 radical (unpaired) electrons. The minimum atomic E-state index is -0.328. The van der Waals surface area contributed by atoms with Crippen molar-refractivity contribution in [3.63, 3.8) is 0 Å². The summed E-state index contributed by atoms with van der Waals surface area (Å²) in [6.45, 7) is 3.74. The number of nitrogens with zero attached hydrogens (tertiary/aromatic N) is 1. The smallest absolute Gasteiger partial charge is 0.146 e. The zero-order chi connectivity index (χ0) is 13.7. The highest BCUT2D eigenvalue weighted by molar-refractivity contribution is 6.30. The Bertz CT molecular complexity index is 414. The molecule has 2 rings (SSSR count). The van der Waals surface area contributed by atoms with Crippen molar-refractivity contribution in [1.29, 1.82) is 0 Å². The van der Waals surface area contributed by atoms with Crippen molar-refractivity contribution in [3.05, 3.63) is 34.6 Å². The van der Waals surface area contributed by atoms with Crippen LogP contribution in [0.15, 0.2) is 18.2 Å². The second-order valence-corrected chi connectivity index (χ2v) is 5.22. The summed E-state index contributed by atoms with van der Waals surface area (Å²) in [5.74, 6) is -0.328. The monoisotopic (exact) mass is 322 g/mol. The van der Waals surface area contributed by atoms with Gasteiger partial charge in [0.05, 0.1) is 5.02 Å². The number of aliphatic hydroxyl groups is 1. The van der Waals surface area contributed by atoms with Gasteiger partial charge in [-0.1, -0.05) is 23.7 Å². The van der Waals surface area contributed by atoms with Crippen LogP contribution in [-0.2, 0) is 0 Å². The van der Waals surface area contributed by atoms with E-state index in [9.17, 15) is 4.39 Å². The minimum Gasteiger partial charge on any atom is -0.396 e. The number of piperazine rings is 1. The molecule has 1 aliphatic rings. The fraction of sp³-hybridized carbons (Fsp3) is 0.571. The first kappa shape index (κ1) is 17.7. The standard InChI is InChI=1S/C14H20ClFN2O.ClH/c15-12-4-1-3-11(14(12)16)13(5-2-10-19)18-8-6-17-7-9-18;/h1,3-4,13,17,19H,2,5-10H2;1H/t13-;/m1./s1. The molecule has 3 nitrogen and oxygen atoms in total. The van der Waals surface area contributed by atoms with E-state index in [0.29, 0.717) is 12.0 Å². The summed E-state index contributed by atoms with van der Waals surface area (Å²) in [7, 11) is 0. The Labute approximate surface area is 130 Å². The second-order valence-electron chi connectivity index (χ2n) is 4.81. The van der Waals surface area contributed by atoms with Crippen LogP contribution in [0.2, 0.25) is 5.02 Å². The van der Waals surface area contributed by atoms with Gasteiger partial charge in [0, 0.05) is 44.4 Å². The Morgan fingerprint density at radius 2 is 2.05 bits per heavy atom. The Kier molecular flexibility index (Phi) is 7.77. The Morgan fingerprint density at radius 3 is 2.70 bits per heavy atom. The van der Waals surface area contributed by atoms with Gasteiger partial charge in [-0.25, -0.2) is 4.39 Å². The molecule has 1 aromatic carbocycles. The van der Waals surface area contributed by atoms with Crippen LogP contribution in [-0.4, -0.2) is 42.8 Å². The fourth-order valence-electron chi connectivity index (χ4n) is 2.59. The van der Waals surface area contributed by atoms with Gasteiger partial charge in [-0.15, -0.1) is 12.4 Å². The lowest BCUT2D eigenvalue weighted by atomic mass is 9.99. The third-order valence-corrected chi connectivity index (χ3v) is 3.86. The van der Waals surface area contributed by atoms with Crippen molar-refractivity contribution in [2.75, 3.05) is 32.8 Å². The SMILES string of the molecule is Cl.OCCC[C@H](c1cccc(Cl)c1F)N1CCNCC1. The van der Waals surface area contributed by atoms with Gasteiger partial charge in [-0.2, -0.15) is 0 Å². The lowest BCUT2D eigenvalue weighted by Crippen LogP contribution is -2.45. The lowest BCUT2D eigenvalue weighted by Gasteiger charge is -2.35. The molecular weight excluding hydrogens is 302 g/mol. The van der Waals surface area contributed by atoms with Crippen LogP contribution in [0.3, 0.4) is 0 Å². The normalized spacial score (nSPS) is 17.6. The van der Waals surface area contributed by atoms with Crippen LogP contribution >= 0.6 is 24.0 Å². The summed E-state index contributed by atoms with van der Waals surface area (Å²) in [6.07, 6.45) is 1.41. The van der Waals surface area contributed by atoms with E-state index in [2.05, 4.69) is 10.2 Å². The first-order chi connectivity index (χ1) is 9.24. The molecule has 0 aromatic heterocycles. The maximum Gasteiger partial charge on any atom is 0.146 e. The number of rotatable bonds is 5. The van der Waals surface area contributed by atoms with Gasteiger partial charge in [0.15, 0.2) is 0 Å². The van der Waals surface area contributed by atoms with Crippen molar-refractivity contribution in [3.8, 4) is 0 Å². The third kappa shape index (κ3) is 4.30. The van der Waals surface area contributed by atoms with Crippen molar-refractivity contribution < 1.29 is 9.50 Å². The summed E-state index contributed by atoms with van der Waals surface area (Å²) in [4.78, 5) is 2.26. The molecule has 1 fully saturated rings. The Balaban J connectivity index is 0.00000200. The van der Waals surface area contributed by atoms with Gasteiger partial charge in [0.25, 0.3) is 0 Å². The quantitative estimate of drug-likeness (QED) is 0.874. The maximum absolute atomic E-state index is 14.2. The average molecular weight is 323 g/mol. The molecule has 6 heteroatoms. The summed E-state index contributed by atoms with van der Waals surface area (Å²) in [5, 5.41) is 12.5. The molecule has 0 unspecified atom stereocenters. The summed E-state index contributed by atoms with van der Waals surface area (Å²) in [6, 6.07) is 5.15. The Morgan fingerprint density at radius 1 is 1.35 bits per heavy atom. The molecule has 1 atom stereocenters. The Hall–Kier alpha value is -0.390. The van der Waals surface area contributed by atoms with Gasteiger partial charge in [0.1, 0.15) is 5.82 Å². The highest BCUT2D eigenvalue weighted by Crippen LogP contribution is 2.30. The molecule has 0 spiro atoms. The average Bonchev–Trinajstić information content (AvgIpc) is 2.45. The topological polar surface area (TPSA) is 35.5 Å². The van der Waals surface area contributed by atoms with Gasteiger partial charge in [-0.05, 0) is 18.9 Å². The molecule has 20 heavy (non-hydrogen) atoms. The predicted molar refractivity (Wildman–Crippen MR) is 82.2 cm³/mol. The molecule has 1 aromatic rings. The van der Waals surface area contributed by atoms with Gasteiger partial charge in [0.2, 0.25) is 0 Å². The largest absolute Gasteiger partial charge is 0.396 e. The summed E-state index contributed by atoms with van der Waals surface area (Å²) >= 11 is 5.88. The molecule has 1 aliphatic heterocycles. The van der Waals surface area contributed by atoms with Crippen LogP contribution in [0, 0.1) is 5.82 Å². The number of hydrogen-bond acceptors (Lipinski definition) is 3. The molecular formula is C14H21Cl2FN2O.